The molecule has 1 aliphatic rings. The number of carbonyl (C=O) groups is 2. The van der Waals surface area contributed by atoms with E-state index in [1.165, 1.54) is 11.0 Å². The van der Waals surface area contributed by atoms with Crippen LogP contribution in [0, 0.1) is 12.7 Å². The number of anilines is 2. The molecule has 0 radical (unpaired) electrons. The van der Waals surface area contributed by atoms with Gasteiger partial charge in [0, 0.05) is 17.9 Å². The van der Waals surface area contributed by atoms with Crippen LogP contribution in [-0.4, -0.2) is 36.5 Å². The monoisotopic (exact) mass is 371 g/mol. The molecule has 3 amide bonds. The van der Waals surface area contributed by atoms with Crippen LogP contribution in [0.5, 0.6) is 5.75 Å². The molecule has 6 nitrogen and oxygen atoms in total. The molecule has 3 rings (SSSR count). The molecule has 1 heterocycles. The van der Waals surface area contributed by atoms with Crippen LogP contribution in [-0.2, 0) is 4.79 Å². The molecule has 1 fully saturated rings. The van der Waals surface area contributed by atoms with E-state index in [1.807, 2.05) is 0 Å². The van der Waals surface area contributed by atoms with Gasteiger partial charge in [-0.2, -0.15) is 0 Å². The average Bonchev–Trinajstić information content (AvgIpc) is 3.15. The van der Waals surface area contributed by atoms with Gasteiger partial charge in [-0.25, -0.2) is 9.18 Å². The molecule has 0 saturated carbocycles. The lowest BCUT2D eigenvalue weighted by Crippen LogP contribution is -2.45. The van der Waals surface area contributed by atoms with E-state index >= 15 is 0 Å². The number of nitrogens with zero attached hydrogens (tertiary/aromatic N) is 1. The van der Waals surface area contributed by atoms with Gasteiger partial charge in [0.05, 0.1) is 7.11 Å². The number of halogens is 1. The molecule has 1 saturated heterocycles. The molecule has 2 aromatic rings. The third-order valence-corrected chi connectivity index (χ3v) is 4.60. The minimum absolute atomic E-state index is 0.319. The molecule has 0 aliphatic carbocycles. The fourth-order valence-electron chi connectivity index (χ4n) is 3.05. The molecule has 0 unspecified atom stereocenters. The van der Waals surface area contributed by atoms with E-state index in [4.69, 9.17) is 4.74 Å². The van der Waals surface area contributed by atoms with E-state index in [0.29, 0.717) is 35.7 Å². The maximum Gasteiger partial charge on any atom is 0.322 e. The summed E-state index contributed by atoms with van der Waals surface area (Å²) in [6.45, 7) is 2.14. The molecule has 1 atom stereocenters. The quantitative estimate of drug-likeness (QED) is 0.859. The summed E-state index contributed by atoms with van der Waals surface area (Å²) >= 11 is 0. The molecule has 142 valence electrons. The van der Waals surface area contributed by atoms with Crippen molar-refractivity contribution in [3.8, 4) is 5.75 Å². The largest absolute Gasteiger partial charge is 0.497 e. The predicted octanol–water partition coefficient (Wildman–Crippen LogP) is 3.78. The summed E-state index contributed by atoms with van der Waals surface area (Å²) in [5, 5.41) is 5.49. The third kappa shape index (κ3) is 4.36. The van der Waals surface area contributed by atoms with Crippen LogP contribution >= 0.6 is 0 Å². The highest BCUT2D eigenvalue weighted by molar-refractivity contribution is 5.99. The Labute approximate surface area is 157 Å². The van der Waals surface area contributed by atoms with Gasteiger partial charge in [-0.1, -0.05) is 6.07 Å². The minimum Gasteiger partial charge on any atom is -0.497 e. The number of aryl methyl sites for hydroxylation is 1. The number of likely N-dealkylation sites (tertiary alicyclic amines) is 1. The first-order valence-corrected chi connectivity index (χ1v) is 8.76. The van der Waals surface area contributed by atoms with Crippen molar-refractivity contribution in [2.45, 2.75) is 25.8 Å². The third-order valence-electron chi connectivity index (χ3n) is 4.60. The maximum atomic E-state index is 13.7. The lowest BCUT2D eigenvalue weighted by molar-refractivity contribution is -0.119. The Morgan fingerprint density at radius 2 is 1.81 bits per heavy atom. The van der Waals surface area contributed by atoms with Crippen molar-refractivity contribution in [3.63, 3.8) is 0 Å². The van der Waals surface area contributed by atoms with Gasteiger partial charge in [-0.15, -0.1) is 0 Å². The minimum atomic E-state index is -0.590. The average molecular weight is 371 g/mol. The fraction of sp³-hybridized carbons (Fsp3) is 0.300. The number of amides is 3. The van der Waals surface area contributed by atoms with Gasteiger partial charge in [-0.3, -0.25) is 4.79 Å². The zero-order valence-electron chi connectivity index (χ0n) is 15.3. The number of hydrogen-bond acceptors (Lipinski definition) is 3. The molecular weight excluding hydrogens is 349 g/mol. The first-order valence-electron chi connectivity index (χ1n) is 8.76. The van der Waals surface area contributed by atoms with Crippen LogP contribution in [0.15, 0.2) is 42.5 Å². The van der Waals surface area contributed by atoms with Gasteiger partial charge in [0.1, 0.15) is 17.6 Å². The van der Waals surface area contributed by atoms with E-state index in [1.54, 1.807) is 50.4 Å². The number of nitrogens with one attached hydrogen (secondary N) is 2. The summed E-state index contributed by atoms with van der Waals surface area (Å²) in [7, 11) is 1.57. The van der Waals surface area contributed by atoms with Crippen molar-refractivity contribution in [1.82, 2.24) is 4.90 Å². The Morgan fingerprint density at radius 3 is 2.48 bits per heavy atom. The van der Waals surface area contributed by atoms with Crippen LogP contribution in [0.1, 0.15) is 18.4 Å². The molecule has 2 N–H and O–H groups in total. The number of benzene rings is 2. The van der Waals surface area contributed by atoms with Gasteiger partial charge in [0.15, 0.2) is 0 Å². The highest BCUT2D eigenvalue weighted by Crippen LogP contribution is 2.22. The van der Waals surface area contributed by atoms with Crippen LogP contribution in [0.3, 0.4) is 0 Å². The first kappa shape index (κ1) is 18.7. The number of methoxy groups -OCH3 is 1. The van der Waals surface area contributed by atoms with Crippen LogP contribution in [0.4, 0.5) is 20.6 Å². The summed E-state index contributed by atoms with van der Waals surface area (Å²) < 4.78 is 18.8. The van der Waals surface area contributed by atoms with Crippen LogP contribution in [0.2, 0.25) is 0 Å². The van der Waals surface area contributed by atoms with E-state index in [2.05, 4.69) is 10.6 Å². The van der Waals surface area contributed by atoms with Gasteiger partial charge >= 0.3 is 6.03 Å². The Hall–Kier alpha value is -3.09. The maximum absolute atomic E-state index is 13.7. The summed E-state index contributed by atoms with van der Waals surface area (Å²) in [5.41, 5.74) is 1.51. The van der Waals surface area contributed by atoms with Crippen LogP contribution < -0.4 is 15.4 Å². The lowest BCUT2D eigenvalue weighted by atomic mass is 10.2. The molecule has 27 heavy (non-hydrogen) atoms. The molecule has 1 aliphatic heterocycles. The van der Waals surface area contributed by atoms with E-state index in [0.717, 1.165) is 6.42 Å². The zero-order chi connectivity index (χ0) is 19.4. The topological polar surface area (TPSA) is 70.7 Å². The van der Waals surface area contributed by atoms with Crippen molar-refractivity contribution < 1.29 is 18.7 Å². The number of carbonyl (C=O) groups excluding carboxylic acids is 2. The smallest absolute Gasteiger partial charge is 0.322 e. The van der Waals surface area contributed by atoms with E-state index < -0.39 is 6.04 Å². The van der Waals surface area contributed by atoms with Gasteiger partial charge < -0.3 is 20.3 Å². The van der Waals surface area contributed by atoms with Gasteiger partial charge in [0.2, 0.25) is 5.91 Å². The van der Waals surface area contributed by atoms with Crippen LogP contribution in [0.25, 0.3) is 0 Å². The van der Waals surface area contributed by atoms with Crippen molar-refractivity contribution in [2.24, 2.45) is 0 Å². The van der Waals surface area contributed by atoms with Crippen molar-refractivity contribution >= 4 is 23.3 Å². The fourth-order valence-corrected chi connectivity index (χ4v) is 3.05. The Balaban J connectivity index is 1.65. The molecule has 2 aromatic carbocycles. The summed E-state index contributed by atoms with van der Waals surface area (Å²) in [5.74, 6) is -0.00860. The first-order chi connectivity index (χ1) is 13.0. The Bertz CT molecular complexity index is 839. The van der Waals surface area contributed by atoms with E-state index in [-0.39, 0.29) is 17.8 Å². The Morgan fingerprint density at radius 1 is 1.11 bits per heavy atom. The summed E-state index contributed by atoms with van der Waals surface area (Å²) in [6, 6.07) is 10.6. The zero-order valence-corrected chi connectivity index (χ0v) is 15.3. The van der Waals surface area contributed by atoms with Gasteiger partial charge in [-0.05, 0) is 61.7 Å². The van der Waals surface area contributed by atoms with Crippen molar-refractivity contribution in [2.75, 3.05) is 24.3 Å². The molecule has 7 heteroatoms. The standard InChI is InChI=1S/C20H22FN3O3/c1-13-5-6-15(12-17(13)21)22-19(25)18-4-3-11-24(18)20(26)23-14-7-9-16(27-2)10-8-14/h5-10,12,18H,3-4,11H2,1-2H3,(H,22,25)(H,23,26)/t18-/m1/s1. The number of rotatable bonds is 4. The Kier molecular flexibility index (Phi) is 5.59. The molecule has 0 aromatic heterocycles. The second kappa shape index (κ2) is 8.07. The highest BCUT2D eigenvalue weighted by Gasteiger charge is 2.34. The highest BCUT2D eigenvalue weighted by atomic mass is 19.1. The van der Waals surface area contributed by atoms with Gasteiger partial charge in [0.25, 0.3) is 0 Å². The van der Waals surface area contributed by atoms with Crippen molar-refractivity contribution in [1.29, 1.82) is 0 Å². The number of ether oxygens (including phenoxy) is 1. The lowest BCUT2D eigenvalue weighted by Gasteiger charge is -2.24. The second-order valence-corrected chi connectivity index (χ2v) is 6.46. The summed E-state index contributed by atoms with van der Waals surface area (Å²) in [4.78, 5) is 26.7. The summed E-state index contributed by atoms with van der Waals surface area (Å²) in [6.07, 6.45) is 1.30. The molecule has 0 spiro atoms. The number of urea groups is 1. The molecule has 0 bridgehead atoms. The number of hydrogen-bond donors (Lipinski definition) is 2. The van der Waals surface area contributed by atoms with Crippen molar-refractivity contribution in [3.05, 3.63) is 53.8 Å². The van der Waals surface area contributed by atoms with E-state index in [9.17, 15) is 14.0 Å². The second-order valence-electron chi connectivity index (χ2n) is 6.46. The predicted molar refractivity (Wildman–Crippen MR) is 102 cm³/mol. The normalized spacial score (nSPS) is 16.1. The SMILES string of the molecule is COc1ccc(NC(=O)N2CCC[C@@H]2C(=O)Nc2ccc(C)c(F)c2)cc1. The molecular formula is C20H22FN3O3.